The second kappa shape index (κ2) is 6.54. The summed E-state index contributed by atoms with van der Waals surface area (Å²) in [7, 11) is -2.90. The van der Waals surface area contributed by atoms with Crippen molar-refractivity contribution in [2.45, 2.75) is 25.8 Å². The first-order chi connectivity index (χ1) is 11.0. The minimum Gasteiger partial charge on any atom is -0.366 e. The second-order valence-electron chi connectivity index (χ2n) is 5.71. The molecule has 2 heterocycles. The van der Waals surface area contributed by atoms with Crippen LogP contribution in [0.3, 0.4) is 0 Å². The maximum absolute atomic E-state index is 11.5. The van der Waals surface area contributed by atoms with Crippen molar-refractivity contribution >= 4 is 27.2 Å². The summed E-state index contributed by atoms with van der Waals surface area (Å²) in [5.74, 6) is 1.71. The monoisotopic (exact) mass is 332 g/mol. The molecule has 23 heavy (non-hydrogen) atoms. The van der Waals surface area contributed by atoms with E-state index in [0.717, 1.165) is 12.1 Å². The van der Waals surface area contributed by atoms with Crippen LogP contribution in [0.15, 0.2) is 36.7 Å². The van der Waals surface area contributed by atoms with Gasteiger partial charge in [-0.2, -0.15) is 0 Å². The van der Waals surface area contributed by atoms with Gasteiger partial charge in [0, 0.05) is 17.8 Å². The van der Waals surface area contributed by atoms with Gasteiger partial charge in [0.15, 0.2) is 9.84 Å². The minimum atomic E-state index is -2.90. The Hall–Kier alpha value is -2.15. The summed E-state index contributed by atoms with van der Waals surface area (Å²) in [5.41, 5.74) is 2.23. The molecule has 1 aliphatic rings. The van der Waals surface area contributed by atoms with Gasteiger partial charge in [0.05, 0.1) is 11.5 Å². The van der Waals surface area contributed by atoms with Gasteiger partial charge in [-0.3, -0.25) is 0 Å². The molecule has 3 rings (SSSR count). The van der Waals surface area contributed by atoms with Crippen LogP contribution < -0.4 is 10.6 Å². The summed E-state index contributed by atoms with van der Waals surface area (Å²) >= 11 is 0. The molecule has 0 radical (unpaired) electrons. The maximum atomic E-state index is 11.5. The first kappa shape index (κ1) is 15.7. The SMILES string of the molecule is CCc1ccc(Nc2cc(NC3CCS(=O)(=O)C3)ncn2)cc1. The Morgan fingerprint density at radius 3 is 2.57 bits per heavy atom. The number of rotatable bonds is 5. The van der Waals surface area contributed by atoms with Crippen LogP contribution in [0.1, 0.15) is 18.9 Å². The third kappa shape index (κ3) is 4.19. The van der Waals surface area contributed by atoms with Crippen LogP contribution in [0, 0.1) is 0 Å². The molecule has 1 aromatic heterocycles. The summed E-state index contributed by atoms with van der Waals surface area (Å²) in [5, 5.41) is 6.40. The zero-order chi connectivity index (χ0) is 16.3. The third-order valence-corrected chi connectivity index (χ3v) is 5.65. The van der Waals surface area contributed by atoms with Crippen LogP contribution in [-0.2, 0) is 16.3 Å². The van der Waals surface area contributed by atoms with Gasteiger partial charge in [-0.05, 0) is 30.5 Å². The van der Waals surface area contributed by atoms with Gasteiger partial charge in [0.2, 0.25) is 0 Å². The summed E-state index contributed by atoms with van der Waals surface area (Å²) < 4.78 is 23.0. The van der Waals surface area contributed by atoms with Crippen molar-refractivity contribution in [2.75, 3.05) is 22.1 Å². The highest BCUT2D eigenvalue weighted by Gasteiger charge is 2.27. The average molecular weight is 332 g/mol. The van der Waals surface area contributed by atoms with E-state index in [-0.39, 0.29) is 17.5 Å². The first-order valence-corrected chi connectivity index (χ1v) is 9.51. The molecule has 0 amide bonds. The molecule has 1 aromatic carbocycles. The fourth-order valence-corrected chi connectivity index (χ4v) is 4.27. The van der Waals surface area contributed by atoms with Crippen molar-refractivity contribution in [1.29, 1.82) is 0 Å². The quantitative estimate of drug-likeness (QED) is 0.874. The third-order valence-electron chi connectivity index (χ3n) is 3.89. The summed E-state index contributed by atoms with van der Waals surface area (Å²) in [6.45, 7) is 2.12. The summed E-state index contributed by atoms with van der Waals surface area (Å²) in [6, 6.07) is 9.89. The highest BCUT2D eigenvalue weighted by atomic mass is 32.2. The highest BCUT2D eigenvalue weighted by molar-refractivity contribution is 7.91. The molecule has 7 heteroatoms. The van der Waals surface area contributed by atoms with Crippen LogP contribution in [0.2, 0.25) is 0 Å². The van der Waals surface area contributed by atoms with E-state index in [1.807, 2.05) is 12.1 Å². The van der Waals surface area contributed by atoms with Crippen molar-refractivity contribution in [3.8, 4) is 0 Å². The normalized spacial score (nSPS) is 19.4. The van der Waals surface area contributed by atoms with Gasteiger partial charge in [-0.15, -0.1) is 0 Å². The first-order valence-electron chi connectivity index (χ1n) is 7.69. The van der Waals surface area contributed by atoms with Gasteiger partial charge in [-0.1, -0.05) is 19.1 Å². The lowest BCUT2D eigenvalue weighted by atomic mass is 10.1. The van der Waals surface area contributed by atoms with Crippen LogP contribution in [0.4, 0.5) is 17.3 Å². The molecular weight excluding hydrogens is 312 g/mol. The molecule has 6 nitrogen and oxygen atoms in total. The molecule has 2 aromatic rings. The average Bonchev–Trinajstić information content (AvgIpc) is 2.87. The fraction of sp³-hybridized carbons (Fsp3) is 0.375. The van der Waals surface area contributed by atoms with E-state index in [1.165, 1.54) is 11.9 Å². The van der Waals surface area contributed by atoms with Crippen LogP contribution in [-0.4, -0.2) is 35.9 Å². The van der Waals surface area contributed by atoms with Crippen molar-refractivity contribution in [1.82, 2.24) is 9.97 Å². The minimum absolute atomic E-state index is 0.0772. The van der Waals surface area contributed by atoms with Crippen molar-refractivity contribution < 1.29 is 8.42 Å². The van der Waals surface area contributed by atoms with Crippen molar-refractivity contribution in [3.05, 3.63) is 42.2 Å². The molecule has 0 aliphatic carbocycles. The summed E-state index contributed by atoms with van der Waals surface area (Å²) in [4.78, 5) is 8.36. The molecule has 1 atom stereocenters. The molecule has 2 N–H and O–H groups in total. The van der Waals surface area contributed by atoms with E-state index in [0.29, 0.717) is 18.1 Å². The predicted molar refractivity (Wildman–Crippen MR) is 91.8 cm³/mol. The zero-order valence-electron chi connectivity index (χ0n) is 13.0. The molecule has 0 spiro atoms. The number of aryl methyl sites for hydroxylation is 1. The number of hydrogen-bond acceptors (Lipinski definition) is 6. The highest BCUT2D eigenvalue weighted by Crippen LogP contribution is 2.20. The van der Waals surface area contributed by atoms with Crippen molar-refractivity contribution in [3.63, 3.8) is 0 Å². The molecule has 1 saturated heterocycles. The number of benzene rings is 1. The lowest BCUT2D eigenvalue weighted by Crippen LogP contribution is -2.21. The molecular formula is C16H20N4O2S. The molecule has 1 fully saturated rings. The van der Waals surface area contributed by atoms with E-state index in [1.54, 1.807) is 6.07 Å². The number of nitrogens with zero attached hydrogens (tertiary/aromatic N) is 2. The number of sulfone groups is 1. The number of hydrogen-bond donors (Lipinski definition) is 2. The molecule has 1 aliphatic heterocycles. The van der Waals surface area contributed by atoms with E-state index in [9.17, 15) is 8.42 Å². The van der Waals surface area contributed by atoms with E-state index in [4.69, 9.17) is 0 Å². The van der Waals surface area contributed by atoms with Gasteiger partial charge in [0.25, 0.3) is 0 Å². The Labute approximate surface area is 136 Å². The number of aromatic nitrogens is 2. The maximum Gasteiger partial charge on any atom is 0.152 e. The van der Waals surface area contributed by atoms with E-state index >= 15 is 0 Å². The second-order valence-corrected chi connectivity index (χ2v) is 7.94. The Morgan fingerprint density at radius 1 is 1.17 bits per heavy atom. The number of nitrogens with one attached hydrogen (secondary N) is 2. The molecule has 1 unspecified atom stereocenters. The number of anilines is 3. The Morgan fingerprint density at radius 2 is 1.91 bits per heavy atom. The Kier molecular flexibility index (Phi) is 4.47. The van der Waals surface area contributed by atoms with Crippen LogP contribution in [0.5, 0.6) is 0 Å². The lowest BCUT2D eigenvalue weighted by Gasteiger charge is -2.12. The van der Waals surface area contributed by atoms with Crippen LogP contribution >= 0.6 is 0 Å². The Balaban J connectivity index is 1.67. The lowest BCUT2D eigenvalue weighted by molar-refractivity contribution is 0.602. The zero-order valence-corrected chi connectivity index (χ0v) is 13.8. The van der Waals surface area contributed by atoms with Gasteiger partial charge in [0.1, 0.15) is 18.0 Å². The summed E-state index contributed by atoms with van der Waals surface area (Å²) in [6.07, 6.45) is 3.09. The predicted octanol–water partition coefficient (Wildman–Crippen LogP) is 2.38. The van der Waals surface area contributed by atoms with Crippen molar-refractivity contribution in [2.24, 2.45) is 0 Å². The largest absolute Gasteiger partial charge is 0.366 e. The fourth-order valence-electron chi connectivity index (χ4n) is 2.59. The van der Waals surface area contributed by atoms with E-state index in [2.05, 4.69) is 39.7 Å². The topological polar surface area (TPSA) is 84.0 Å². The standard InChI is InChI=1S/C16H20N4O2S/c1-2-12-3-5-13(6-4-12)19-15-9-16(18-11-17-15)20-14-7-8-23(21,22)10-14/h3-6,9,11,14H,2,7-8,10H2,1H3,(H2,17,18,19,20). The molecule has 0 saturated carbocycles. The van der Waals surface area contributed by atoms with Gasteiger partial charge >= 0.3 is 0 Å². The Bertz CT molecular complexity index is 775. The molecule has 0 bridgehead atoms. The van der Waals surface area contributed by atoms with Gasteiger partial charge in [-0.25, -0.2) is 18.4 Å². The van der Waals surface area contributed by atoms with Gasteiger partial charge < -0.3 is 10.6 Å². The van der Waals surface area contributed by atoms with Crippen LogP contribution in [0.25, 0.3) is 0 Å². The smallest absolute Gasteiger partial charge is 0.152 e. The van der Waals surface area contributed by atoms with E-state index < -0.39 is 9.84 Å². The molecule has 122 valence electrons.